The number of carboxylic acid groups (broad SMARTS) is 1. The Morgan fingerprint density at radius 1 is 1.06 bits per heavy atom. The molecule has 0 aromatic heterocycles. The minimum absolute atomic E-state index is 0.0667. The van der Waals surface area contributed by atoms with E-state index in [1.165, 1.54) is 0 Å². The average Bonchev–Trinajstić information content (AvgIpc) is 2.82. The molecule has 0 saturated carbocycles. The van der Waals surface area contributed by atoms with Gasteiger partial charge in [0.2, 0.25) is 5.91 Å². The van der Waals surface area contributed by atoms with Crippen molar-refractivity contribution in [2.24, 2.45) is 11.8 Å². The number of hydrogen-bond donors (Lipinski definition) is 2. The van der Waals surface area contributed by atoms with E-state index in [-0.39, 0.29) is 17.7 Å². The first-order chi connectivity index (χ1) is 16.2. The zero-order chi connectivity index (χ0) is 24.8. The number of ether oxygens (including phenoxy) is 1. The fraction of sp³-hybridized carbons (Fsp3) is 0.440. The van der Waals surface area contributed by atoms with Gasteiger partial charge in [0.25, 0.3) is 11.3 Å². The predicted octanol–water partition coefficient (Wildman–Crippen LogP) is 4.04. The van der Waals surface area contributed by atoms with Crippen LogP contribution in [-0.2, 0) is 20.9 Å². The number of carbonyl (C=O) groups excluding carboxylic acids is 1. The zero-order valence-electron chi connectivity index (χ0n) is 19.7. The van der Waals surface area contributed by atoms with Crippen LogP contribution in [-0.4, -0.2) is 56.9 Å². The highest BCUT2D eigenvalue weighted by Gasteiger charge is 2.39. The lowest BCUT2D eigenvalue weighted by Crippen LogP contribution is -2.51. The van der Waals surface area contributed by atoms with E-state index in [1.807, 2.05) is 38.1 Å². The van der Waals surface area contributed by atoms with Gasteiger partial charge in [-0.15, -0.1) is 0 Å². The first-order valence-electron chi connectivity index (χ1n) is 11.4. The van der Waals surface area contributed by atoms with Gasteiger partial charge in [0.05, 0.1) is 12.8 Å². The second-order valence-corrected chi connectivity index (χ2v) is 9.79. The average molecular weight is 489 g/mol. The molecule has 1 aliphatic rings. The van der Waals surface area contributed by atoms with Gasteiger partial charge in [0.15, 0.2) is 0 Å². The van der Waals surface area contributed by atoms with Gasteiger partial charge in [0.1, 0.15) is 11.8 Å². The SMILES string of the molecule is COc1ccc(-c2ccc(N(C(C(=O)O)C3CCN(C(=O)CC(C)C)CC3)S(=O)O)cc2)cc1. The number of hydrogen-bond acceptors (Lipinski definition) is 4. The van der Waals surface area contributed by atoms with Gasteiger partial charge in [-0.1, -0.05) is 38.1 Å². The van der Waals surface area contributed by atoms with Crippen molar-refractivity contribution in [3.05, 3.63) is 48.5 Å². The number of amides is 1. The lowest BCUT2D eigenvalue weighted by molar-refractivity contribution is -0.140. The summed E-state index contributed by atoms with van der Waals surface area (Å²) in [7, 11) is 1.60. The summed E-state index contributed by atoms with van der Waals surface area (Å²) in [4.78, 5) is 26.4. The molecule has 2 aromatic carbocycles. The maximum absolute atomic E-state index is 12.4. The molecular formula is C25H32N2O6S. The molecule has 1 heterocycles. The number of benzene rings is 2. The number of carbonyl (C=O) groups is 2. The highest BCUT2D eigenvalue weighted by molar-refractivity contribution is 7.80. The van der Waals surface area contributed by atoms with Crippen LogP contribution in [0, 0.1) is 11.8 Å². The van der Waals surface area contributed by atoms with E-state index in [4.69, 9.17) is 4.74 Å². The van der Waals surface area contributed by atoms with Crippen LogP contribution in [0.5, 0.6) is 5.75 Å². The number of aliphatic carboxylic acids is 1. The summed E-state index contributed by atoms with van der Waals surface area (Å²) in [5, 5.41) is 10.0. The summed E-state index contributed by atoms with van der Waals surface area (Å²) in [5.41, 5.74) is 2.18. The number of anilines is 1. The second kappa shape index (κ2) is 11.5. The molecule has 2 unspecified atom stereocenters. The van der Waals surface area contributed by atoms with E-state index in [2.05, 4.69) is 0 Å². The molecule has 3 rings (SSSR count). The molecule has 2 atom stereocenters. The van der Waals surface area contributed by atoms with Gasteiger partial charge in [-0.05, 0) is 60.1 Å². The summed E-state index contributed by atoms with van der Waals surface area (Å²) in [6, 6.07) is 13.2. The number of likely N-dealkylation sites (tertiary alicyclic amines) is 1. The Balaban J connectivity index is 1.78. The normalized spacial score (nSPS) is 16.2. The van der Waals surface area contributed by atoms with Crippen LogP contribution < -0.4 is 9.04 Å². The topological polar surface area (TPSA) is 107 Å². The van der Waals surface area contributed by atoms with Crippen molar-refractivity contribution in [3.63, 3.8) is 0 Å². The van der Waals surface area contributed by atoms with Crippen LogP contribution in [0.25, 0.3) is 11.1 Å². The van der Waals surface area contributed by atoms with Crippen molar-refractivity contribution in [2.75, 3.05) is 24.5 Å². The minimum atomic E-state index is -2.53. The maximum Gasteiger partial charge on any atom is 0.327 e. The van der Waals surface area contributed by atoms with E-state index >= 15 is 0 Å². The first-order valence-corrected chi connectivity index (χ1v) is 12.4. The summed E-state index contributed by atoms with van der Waals surface area (Å²) >= 11 is -2.53. The standard InChI is InChI=1S/C25H32N2O6S/c1-17(2)16-23(28)26-14-12-20(13-15-26)24(25(29)30)27(34(31)32)21-8-4-18(5-9-21)19-6-10-22(33-3)11-7-19/h4-11,17,20,24H,12-16H2,1-3H3,(H,29,30)(H,31,32). The predicted molar refractivity (Wildman–Crippen MR) is 132 cm³/mol. The smallest absolute Gasteiger partial charge is 0.327 e. The molecule has 1 saturated heterocycles. The Morgan fingerprint density at radius 3 is 2.03 bits per heavy atom. The molecule has 0 aliphatic carbocycles. The summed E-state index contributed by atoms with van der Waals surface area (Å²) < 4.78 is 28.6. The monoisotopic (exact) mass is 488 g/mol. The molecule has 8 nitrogen and oxygen atoms in total. The lowest BCUT2D eigenvalue weighted by Gasteiger charge is -2.38. The molecule has 0 spiro atoms. The fourth-order valence-corrected chi connectivity index (χ4v) is 5.13. The Hall–Kier alpha value is -2.91. The largest absolute Gasteiger partial charge is 0.497 e. The molecule has 0 radical (unpaired) electrons. The second-order valence-electron chi connectivity index (χ2n) is 8.93. The summed E-state index contributed by atoms with van der Waals surface area (Å²) in [6.07, 6.45) is 1.37. The molecule has 2 aromatic rings. The van der Waals surface area contributed by atoms with Crippen LogP contribution in [0.4, 0.5) is 5.69 Å². The van der Waals surface area contributed by atoms with Crippen LogP contribution >= 0.6 is 0 Å². The van der Waals surface area contributed by atoms with Crippen molar-refractivity contribution < 1.29 is 28.2 Å². The molecule has 34 heavy (non-hydrogen) atoms. The Labute approximate surface area is 202 Å². The van der Waals surface area contributed by atoms with E-state index in [1.54, 1.807) is 36.3 Å². The summed E-state index contributed by atoms with van der Waals surface area (Å²) in [5.74, 6) is -0.461. The molecular weight excluding hydrogens is 456 g/mol. The number of carboxylic acids is 1. The van der Waals surface area contributed by atoms with Gasteiger partial charge in [-0.2, -0.15) is 0 Å². The van der Waals surface area contributed by atoms with E-state index in [0.717, 1.165) is 21.2 Å². The van der Waals surface area contributed by atoms with E-state index in [0.29, 0.717) is 38.0 Å². The van der Waals surface area contributed by atoms with Crippen molar-refractivity contribution in [1.82, 2.24) is 4.90 Å². The van der Waals surface area contributed by atoms with Gasteiger partial charge in [-0.3, -0.25) is 13.7 Å². The molecule has 1 fully saturated rings. The first kappa shape index (κ1) is 25.7. The lowest BCUT2D eigenvalue weighted by atomic mass is 9.88. The van der Waals surface area contributed by atoms with Crippen LogP contribution in [0.3, 0.4) is 0 Å². The molecule has 9 heteroatoms. The van der Waals surface area contributed by atoms with E-state index in [9.17, 15) is 23.5 Å². The molecule has 184 valence electrons. The molecule has 1 amide bonds. The van der Waals surface area contributed by atoms with Crippen molar-refractivity contribution >= 4 is 28.8 Å². The van der Waals surface area contributed by atoms with Gasteiger partial charge in [0, 0.05) is 19.5 Å². The number of piperidine rings is 1. The number of methoxy groups -OCH3 is 1. The number of rotatable bonds is 9. The minimum Gasteiger partial charge on any atom is -0.497 e. The Kier molecular flexibility index (Phi) is 8.68. The molecule has 0 bridgehead atoms. The zero-order valence-corrected chi connectivity index (χ0v) is 20.5. The molecule has 1 aliphatic heterocycles. The van der Waals surface area contributed by atoms with Gasteiger partial charge < -0.3 is 14.7 Å². The quantitative estimate of drug-likeness (QED) is 0.516. The number of nitrogens with zero attached hydrogens (tertiary/aromatic N) is 2. The van der Waals surface area contributed by atoms with E-state index < -0.39 is 23.3 Å². The van der Waals surface area contributed by atoms with Crippen molar-refractivity contribution in [1.29, 1.82) is 0 Å². The third kappa shape index (κ3) is 6.15. The Morgan fingerprint density at radius 2 is 1.59 bits per heavy atom. The van der Waals surface area contributed by atoms with Gasteiger partial charge in [-0.25, -0.2) is 9.00 Å². The highest BCUT2D eigenvalue weighted by Crippen LogP contribution is 2.31. The fourth-order valence-electron chi connectivity index (χ4n) is 4.37. The van der Waals surface area contributed by atoms with Crippen molar-refractivity contribution in [3.8, 4) is 16.9 Å². The highest BCUT2D eigenvalue weighted by atomic mass is 32.2. The Bertz CT molecular complexity index is 1000. The van der Waals surface area contributed by atoms with Gasteiger partial charge >= 0.3 is 5.97 Å². The summed E-state index contributed by atoms with van der Waals surface area (Å²) in [6.45, 7) is 4.86. The maximum atomic E-state index is 12.4. The van der Waals surface area contributed by atoms with Crippen LogP contribution in [0.1, 0.15) is 33.1 Å². The van der Waals surface area contributed by atoms with Crippen LogP contribution in [0.15, 0.2) is 48.5 Å². The molecule has 2 N–H and O–H groups in total. The van der Waals surface area contributed by atoms with Crippen molar-refractivity contribution in [2.45, 2.75) is 39.2 Å². The third-order valence-corrected chi connectivity index (χ3v) is 6.92. The van der Waals surface area contributed by atoms with Crippen LogP contribution in [0.2, 0.25) is 0 Å². The third-order valence-electron chi connectivity index (χ3n) is 6.14.